The number of hydrogen-bond acceptors (Lipinski definition) is 1. The minimum atomic E-state index is 0.865. The molecule has 0 fully saturated rings. The Morgan fingerprint density at radius 2 is 1.61 bits per heavy atom. The largest absolute Gasteiger partial charge is 0.313 e. The van der Waals surface area contributed by atoms with Crippen LogP contribution in [0.4, 0.5) is 0 Å². The lowest BCUT2D eigenvalue weighted by molar-refractivity contribution is 0.512. The van der Waals surface area contributed by atoms with E-state index in [-0.39, 0.29) is 0 Å². The van der Waals surface area contributed by atoms with Crippen LogP contribution in [0.1, 0.15) is 57.1 Å². The Morgan fingerprint density at radius 3 is 2.28 bits per heavy atom. The molecule has 1 N–H and O–H groups in total. The van der Waals surface area contributed by atoms with Gasteiger partial charge in [0.25, 0.3) is 0 Å². The Hall–Kier alpha value is -0.820. The van der Waals surface area contributed by atoms with E-state index in [9.17, 15) is 0 Å². The molecule has 102 valence electrons. The van der Waals surface area contributed by atoms with Gasteiger partial charge in [-0.25, -0.2) is 0 Å². The van der Waals surface area contributed by atoms with Crippen LogP contribution in [0, 0.1) is 12.8 Å². The van der Waals surface area contributed by atoms with E-state index in [1.165, 1.54) is 43.2 Å². The molecular formula is C17H29N. The first-order chi connectivity index (χ1) is 8.68. The fourth-order valence-electron chi connectivity index (χ4n) is 2.09. The van der Waals surface area contributed by atoms with Gasteiger partial charge in [-0.2, -0.15) is 0 Å². The van der Waals surface area contributed by atoms with Crippen molar-refractivity contribution < 1.29 is 0 Å². The Kier molecular flexibility index (Phi) is 7.75. The molecule has 1 rings (SSSR count). The first-order valence-electron chi connectivity index (χ1n) is 7.44. The lowest BCUT2D eigenvalue weighted by Gasteiger charge is -2.06. The summed E-state index contributed by atoms with van der Waals surface area (Å²) in [5.74, 6) is 0.865. The van der Waals surface area contributed by atoms with Crippen molar-refractivity contribution in [2.24, 2.45) is 5.92 Å². The first-order valence-corrected chi connectivity index (χ1v) is 7.44. The van der Waals surface area contributed by atoms with Gasteiger partial charge in [-0.3, -0.25) is 0 Å². The molecule has 0 bridgehead atoms. The topological polar surface area (TPSA) is 12.0 Å². The number of aryl methyl sites for hydroxylation is 1. The van der Waals surface area contributed by atoms with E-state index in [4.69, 9.17) is 0 Å². The first kappa shape index (κ1) is 15.2. The highest BCUT2D eigenvalue weighted by Crippen LogP contribution is 2.09. The van der Waals surface area contributed by atoms with Gasteiger partial charge in [0.1, 0.15) is 0 Å². The molecule has 1 aromatic carbocycles. The third-order valence-corrected chi connectivity index (χ3v) is 3.33. The second kappa shape index (κ2) is 9.16. The summed E-state index contributed by atoms with van der Waals surface area (Å²) in [5.41, 5.74) is 2.73. The summed E-state index contributed by atoms with van der Waals surface area (Å²) in [6.45, 7) is 8.91. The summed E-state index contributed by atoms with van der Waals surface area (Å²) in [6, 6.07) is 8.79. The smallest absolute Gasteiger partial charge is 0.0205 e. The third kappa shape index (κ3) is 7.50. The molecule has 0 aliphatic heterocycles. The molecule has 0 atom stereocenters. The third-order valence-electron chi connectivity index (χ3n) is 3.33. The van der Waals surface area contributed by atoms with Crippen LogP contribution >= 0.6 is 0 Å². The van der Waals surface area contributed by atoms with Crippen LogP contribution in [0.2, 0.25) is 0 Å². The molecule has 1 heteroatoms. The predicted octanol–water partition coefficient (Wildman–Crippen LogP) is 4.69. The van der Waals surface area contributed by atoms with Crippen molar-refractivity contribution in [3.8, 4) is 0 Å². The minimum absolute atomic E-state index is 0.865. The maximum absolute atomic E-state index is 3.52. The zero-order chi connectivity index (χ0) is 13.2. The number of benzene rings is 1. The summed E-state index contributed by atoms with van der Waals surface area (Å²) < 4.78 is 0. The van der Waals surface area contributed by atoms with Crippen LogP contribution in [-0.2, 0) is 6.54 Å². The van der Waals surface area contributed by atoms with Gasteiger partial charge < -0.3 is 5.32 Å². The summed E-state index contributed by atoms with van der Waals surface area (Å²) in [6.07, 6.45) is 6.86. The molecular weight excluding hydrogens is 218 g/mol. The van der Waals surface area contributed by atoms with Gasteiger partial charge >= 0.3 is 0 Å². The molecule has 0 saturated carbocycles. The monoisotopic (exact) mass is 247 g/mol. The van der Waals surface area contributed by atoms with Crippen molar-refractivity contribution in [3.63, 3.8) is 0 Å². The van der Waals surface area contributed by atoms with E-state index in [2.05, 4.69) is 50.4 Å². The molecule has 0 amide bonds. The van der Waals surface area contributed by atoms with Crippen molar-refractivity contribution in [1.82, 2.24) is 5.32 Å². The number of nitrogens with one attached hydrogen (secondary N) is 1. The highest BCUT2D eigenvalue weighted by atomic mass is 14.8. The van der Waals surface area contributed by atoms with Crippen molar-refractivity contribution in [2.45, 2.75) is 59.4 Å². The lowest BCUT2D eigenvalue weighted by Crippen LogP contribution is -2.14. The van der Waals surface area contributed by atoms with Crippen LogP contribution in [0.25, 0.3) is 0 Å². The SMILES string of the molecule is Cc1ccc(CNCCCCCCC(C)C)cc1. The van der Waals surface area contributed by atoms with Crippen molar-refractivity contribution in [3.05, 3.63) is 35.4 Å². The fraction of sp³-hybridized carbons (Fsp3) is 0.647. The standard InChI is InChI=1S/C17H29N/c1-15(2)8-6-4-5-7-13-18-14-17-11-9-16(3)10-12-17/h9-12,15,18H,4-8,13-14H2,1-3H3. The summed E-state index contributed by atoms with van der Waals surface area (Å²) in [7, 11) is 0. The van der Waals surface area contributed by atoms with Crippen molar-refractivity contribution in [1.29, 1.82) is 0 Å². The van der Waals surface area contributed by atoms with Gasteiger partial charge in [-0.1, -0.05) is 69.4 Å². The van der Waals surface area contributed by atoms with Gasteiger partial charge in [0, 0.05) is 6.54 Å². The van der Waals surface area contributed by atoms with Gasteiger partial charge in [0.15, 0.2) is 0 Å². The number of unbranched alkanes of at least 4 members (excludes halogenated alkanes) is 3. The van der Waals surface area contributed by atoms with Crippen molar-refractivity contribution >= 4 is 0 Å². The van der Waals surface area contributed by atoms with Gasteiger partial charge in [0.2, 0.25) is 0 Å². The van der Waals surface area contributed by atoms with E-state index in [1.807, 2.05) is 0 Å². The van der Waals surface area contributed by atoms with Gasteiger partial charge in [-0.05, 0) is 31.4 Å². The summed E-state index contributed by atoms with van der Waals surface area (Å²) in [5, 5.41) is 3.52. The summed E-state index contributed by atoms with van der Waals surface area (Å²) >= 11 is 0. The maximum Gasteiger partial charge on any atom is 0.0205 e. The molecule has 0 radical (unpaired) electrons. The fourth-order valence-corrected chi connectivity index (χ4v) is 2.09. The summed E-state index contributed by atoms with van der Waals surface area (Å²) in [4.78, 5) is 0. The number of hydrogen-bond donors (Lipinski definition) is 1. The zero-order valence-corrected chi connectivity index (χ0v) is 12.3. The molecule has 0 spiro atoms. The molecule has 0 aliphatic carbocycles. The van der Waals surface area contributed by atoms with Crippen molar-refractivity contribution in [2.75, 3.05) is 6.54 Å². The van der Waals surface area contributed by atoms with E-state index in [0.29, 0.717) is 0 Å². The minimum Gasteiger partial charge on any atom is -0.313 e. The molecule has 18 heavy (non-hydrogen) atoms. The van der Waals surface area contributed by atoms with Crippen LogP contribution in [0.15, 0.2) is 24.3 Å². The predicted molar refractivity (Wildman–Crippen MR) is 80.8 cm³/mol. The zero-order valence-electron chi connectivity index (χ0n) is 12.3. The number of rotatable bonds is 9. The molecule has 0 aromatic heterocycles. The van der Waals surface area contributed by atoms with Crippen LogP contribution < -0.4 is 5.32 Å². The van der Waals surface area contributed by atoms with Crippen LogP contribution in [0.5, 0.6) is 0 Å². The average molecular weight is 247 g/mol. The second-order valence-electron chi connectivity index (χ2n) is 5.76. The molecule has 0 aliphatic rings. The Labute approximate surface area is 113 Å². The Balaban J connectivity index is 1.94. The van der Waals surface area contributed by atoms with E-state index in [0.717, 1.165) is 19.0 Å². The van der Waals surface area contributed by atoms with Crippen LogP contribution in [0.3, 0.4) is 0 Å². The molecule has 0 saturated heterocycles. The molecule has 1 nitrogen and oxygen atoms in total. The lowest BCUT2D eigenvalue weighted by atomic mass is 10.0. The van der Waals surface area contributed by atoms with E-state index < -0.39 is 0 Å². The van der Waals surface area contributed by atoms with Gasteiger partial charge in [0.05, 0.1) is 0 Å². The Bertz CT molecular complexity index is 300. The second-order valence-corrected chi connectivity index (χ2v) is 5.76. The highest BCUT2D eigenvalue weighted by Gasteiger charge is 1.95. The van der Waals surface area contributed by atoms with E-state index in [1.54, 1.807) is 0 Å². The average Bonchev–Trinajstić information content (AvgIpc) is 2.34. The normalized spacial score (nSPS) is 11.1. The van der Waals surface area contributed by atoms with Crippen LogP contribution in [-0.4, -0.2) is 6.54 Å². The maximum atomic E-state index is 3.52. The molecule has 0 heterocycles. The van der Waals surface area contributed by atoms with Gasteiger partial charge in [-0.15, -0.1) is 0 Å². The molecule has 0 unspecified atom stereocenters. The highest BCUT2D eigenvalue weighted by molar-refractivity contribution is 5.20. The Morgan fingerprint density at radius 1 is 0.944 bits per heavy atom. The van der Waals surface area contributed by atoms with E-state index >= 15 is 0 Å². The quantitative estimate of drug-likeness (QED) is 0.624. The molecule has 1 aromatic rings.